The first kappa shape index (κ1) is 14.6. The zero-order chi connectivity index (χ0) is 16.7. The van der Waals surface area contributed by atoms with Crippen LogP contribution in [0.4, 0.5) is 20.2 Å². The number of nitrogen functional groups attached to an aromatic ring is 1. The molecule has 1 aliphatic heterocycles. The summed E-state index contributed by atoms with van der Waals surface area (Å²) in [4.78, 5) is 35.2. The number of carbonyl (C=O) groups excluding carboxylic acids is 3. The van der Waals surface area contributed by atoms with Crippen LogP contribution in [0.25, 0.3) is 0 Å². The molecule has 2 aromatic carbocycles. The van der Waals surface area contributed by atoms with E-state index in [9.17, 15) is 23.2 Å². The molecule has 3 amide bonds. The predicted molar refractivity (Wildman–Crippen MR) is 77.0 cm³/mol. The number of hydrogen-bond donors (Lipinski definition) is 3. The number of nitrogens with one attached hydrogen (secondary N) is 2. The van der Waals surface area contributed by atoms with E-state index < -0.39 is 34.9 Å². The molecule has 0 radical (unpaired) electrons. The Morgan fingerprint density at radius 1 is 1.09 bits per heavy atom. The van der Waals surface area contributed by atoms with Gasteiger partial charge in [0.1, 0.15) is 17.2 Å². The van der Waals surface area contributed by atoms with Gasteiger partial charge in [0, 0.05) is 11.4 Å². The van der Waals surface area contributed by atoms with Crippen LogP contribution in [0.2, 0.25) is 0 Å². The third kappa shape index (κ3) is 2.39. The summed E-state index contributed by atoms with van der Waals surface area (Å²) < 4.78 is 27.2. The smallest absolute Gasteiger partial charge is 0.261 e. The molecule has 0 bridgehead atoms. The zero-order valence-corrected chi connectivity index (χ0v) is 11.4. The Hall–Kier alpha value is -3.29. The average Bonchev–Trinajstić information content (AvgIpc) is 2.73. The van der Waals surface area contributed by atoms with E-state index in [1.54, 1.807) is 0 Å². The Morgan fingerprint density at radius 2 is 1.74 bits per heavy atom. The third-order valence-electron chi connectivity index (χ3n) is 3.32. The second-order valence-electron chi connectivity index (χ2n) is 4.82. The predicted octanol–water partition coefficient (Wildman–Crippen LogP) is 1.68. The highest BCUT2D eigenvalue weighted by Gasteiger charge is 2.30. The highest BCUT2D eigenvalue weighted by Crippen LogP contribution is 2.27. The lowest BCUT2D eigenvalue weighted by atomic mass is 10.1. The van der Waals surface area contributed by atoms with E-state index >= 15 is 0 Å². The van der Waals surface area contributed by atoms with E-state index in [0.717, 1.165) is 18.2 Å². The summed E-state index contributed by atoms with van der Waals surface area (Å²) in [6, 6.07) is 5.46. The second kappa shape index (κ2) is 5.16. The summed E-state index contributed by atoms with van der Waals surface area (Å²) in [5, 5.41) is 4.32. The van der Waals surface area contributed by atoms with Crippen LogP contribution in [0.1, 0.15) is 31.1 Å². The number of fused-ring (bicyclic) bond motifs is 1. The molecule has 2 aromatic rings. The molecule has 116 valence electrons. The minimum absolute atomic E-state index is 0.00470. The molecule has 4 N–H and O–H groups in total. The van der Waals surface area contributed by atoms with Crippen molar-refractivity contribution in [1.29, 1.82) is 0 Å². The first-order valence-electron chi connectivity index (χ1n) is 6.43. The molecule has 3 rings (SSSR count). The Kier molecular flexibility index (Phi) is 3.29. The fraction of sp³-hybridized carbons (Fsp3) is 0. The maximum atomic E-state index is 13.6. The van der Waals surface area contributed by atoms with Gasteiger partial charge in [0.25, 0.3) is 17.7 Å². The van der Waals surface area contributed by atoms with Gasteiger partial charge in [-0.15, -0.1) is 0 Å². The van der Waals surface area contributed by atoms with Crippen LogP contribution in [-0.4, -0.2) is 17.7 Å². The summed E-state index contributed by atoms with van der Waals surface area (Å²) in [5.41, 5.74) is 4.93. The minimum atomic E-state index is -1.04. The second-order valence-corrected chi connectivity index (χ2v) is 4.82. The Labute approximate surface area is 128 Å². The van der Waals surface area contributed by atoms with Crippen molar-refractivity contribution in [3.05, 3.63) is 58.7 Å². The van der Waals surface area contributed by atoms with Crippen LogP contribution < -0.4 is 16.4 Å². The van der Waals surface area contributed by atoms with Gasteiger partial charge in [0.2, 0.25) is 0 Å². The average molecular weight is 317 g/mol. The van der Waals surface area contributed by atoms with Crippen LogP contribution in [0.3, 0.4) is 0 Å². The van der Waals surface area contributed by atoms with Crippen molar-refractivity contribution >= 4 is 29.1 Å². The van der Waals surface area contributed by atoms with E-state index in [2.05, 4.69) is 10.6 Å². The first-order chi connectivity index (χ1) is 10.9. The molecule has 0 saturated heterocycles. The Balaban J connectivity index is 1.97. The maximum absolute atomic E-state index is 13.6. The molecule has 6 nitrogen and oxygen atoms in total. The van der Waals surface area contributed by atoms with Crippen molar-refractivity contribution < 1.29 is 23.2 Å². The summed E-state index contributed by atoms with van der Waals surface area (Å²) in [7, 11) is 0. The fourth-order valence-electron chi connectivity index (χ4n) is 2.31. The van der Waals surface area contributed by atoms with Crippen molar-refractivity contribution in [3.8, 4) is 0 Å². The Morgan fingerprint density at radius 3 is 2.39 bits per heavy atom. The normalized spacial score (nSPS) is 12.8. The van der Waals surface area contributed by atoms with Crippen molar-refractivity contribution in [2.45, 2.75) is 0 Å². The van der Waals surface area contributed by atoms with Crippen LogP contribution >= 0.6 is 0 Å². The van der Waals surface area contributed by atoms with E-state index in [-0.39, 0.29) is 22.5 Å². The molecular weight excluding hydrogens is 308 g/mol. The summed E-state index contributed by atoms with van der Waals surface area (Å²) in [6.07, 6.45) is 0. The lowest BCUT2D eigenvalue weighted by Gasteiger charge is -2.09. The van der Waals surface area contributed by atoms with Gasteiger partial charge in [-0.05, 0) is 24.3 Å². The number of anilines is 2. The van der Waals surface area contributed by atoms with Gasteiger partial charge in [0.15, 0.2) is 0 Å². The number of benzene rings is 2. The molecule has 1 aliphatic rings. The maximum Gasteiger partial charge on any atom is 0.261 e. The van der Waals surface area contributed by atoms with Crippen LogP contribution in [0.15, 0.2) is 30.3 Å². The van der Waals surface area contributed by atoms with Gasteiger partial charge < -0.3 is 11.1 Å². The van der Waals surface area contributed by atoms with Gasteiger partial charge in [-0.1, -0.05) is 6.07 Å². The minimum Gasteiger partial charge on any atom is -0.398 e. The van der Waals surface area contributed by atoms with Gasteiger partial charge in [-0.3, -0.25) is 19.7 Å². The van der Waals surface area contributed by atoms with Gasteiger partial charge >= 0.3 is 0 Å². The van der Waals surface area contributed by atoms with E-state index in [1.165, 1.54) is 12.1 Å². The summed E-state index contributed by atoms with van der Waals surface area (Å²) in [5.74, 6) is -4.39. The number of carbonyl (C=O) groups is 3. The monoisotopic (exact) mass is 317 g/mol. The number of halogens is 2. The molecule has 0 saturated carbocycles. The largest absolute Gasteiger partial charge is 0.398 e. The zero-order valence-electron chi connectivity index (χ0n) is 11.4. The molecule has 0 aliphatic carbocycles. The molecule has 0 fully saturated rings. The summed E-state index contributed by atoms with van der Waals surface area (Å²) in [6.45, 7) is 0. The van der Waals surface area contributed by atoms with Gasteiger partial charge in [0.05, 0.1) is 11.1 Å². The van der Waals surface area contributed by atoms with E-state index in [0.29, 0.717) is 0 Å². The number of rotatable bonds is 2. The van der Waals surface area contributed by atoms with Gasteiger partial charge in [-0.2, -0.15) is 0 Å². The van der Waals surface area contributed by atoms with Crippen LogP contribution in [0, 0.1) is 11.6 Å². The Bertz CT molecular complexity index is 860. The van der Waals surface area contributed by atoms with Crippen LogP contribution in [-0.2, 0) is 0 Å². The summed E-state index contributed by atoms with van der Waals surface area (Å²) >= 11 is 0. The quantitative estimate of drug-likeness (QED) is 0.579. The SMILES string of the molecule is Nc1cc(NC(=O)c2c(F)cccc2F)cc2c1C(=O)NC2=O. The highest BCUT2D eigenvalue weighted by molar-refractivity contribution is 6.24. The number of nitrogens with two attached hydrogens (primary N) is 1. The van der Waals surface area contributed by atoms with Crippen LogP contribution in [0.5, 0.6) is 0 Å². The lowest BCUT2D eigenvalue weighted by Crippen LogP contribution is -2.20. The molecular formula is C15H9F2N3O3. The first-order valence-corrected chi connectivity index (χ1v) is 6.43. The number of amides is 3. The van der Waals surface area contributed by atoms with Gasteiger partial charge in [-0.25, -0.2) is 8.78 Å². The van der Waals surface area contributed by atoms with E-state index in [4.69, 9.17) is 5.73 Å². The van der Waals surface area contributed by atoms with Crippen molar-refractivity contribution in [3.63, 3.8) is 0 Å². The van der Waals surface area contributed by atoms with Crippen molar-refractivity contribution in [2.75, 3.05) is 11.1 Å². The molecule has 8 heteroatoms. The number of imide groups is 1. The molecule has 0 aromatic heterocycles. The highest BCUT2D eigenvalue weighted by atomic mass is 19.1. The fourth-order valence-corrected chi connectivity index (χ4v) is 2.31. The van der Waals surface area contributed by atoms with Crippen molar-refractivity contribution in [1.82, 2.24) is 5.32 Å². The molecule has 23 heavy (non-hydrogen) atoms. The topological polar surface area (TPSA) is 101 Å². The molecule has 1 heterocycles. The third-order valence-corrected chi connectivity index (χ3v) is 3.32. The van der Waals surface area contributed by atoms with E-state index in [1.807, 2.05) is 0 Å². The lowest BCUT2D eigenvalue weighted by molar-refractivity contribution is 0.0878. The standard InChI is InChI=1S/C15H9F2N3O3/c16-8-2-1-3-9(17)12(8)15(23)19-6-4-7-11(10(18)5-6)14(22)20-13(7)21/h1-5H,18H2,(H,19,23)(H,20,21,22). The molecule has 0 unspecified atom stereocenters. The molecule has 0 spiro atoms. The number of hydrogen-bond acceptors (Lipinski definition) is 4. The van der Waals surface area contributed by atoms with Crippen molar-refractivity contribution in [2.24, 2.45) is 0 Å². The molecule has 0 atom stereocenters.